The number of benzene rings is 1. The Hall–Kier alpha value is -0.290. The summed E-state index contributed by atoms with van der Waals surface area (Å²) in [6.45, 7) is 2.09. The SMILES string of the molecule is CC1(NC(=O)c2cc(Cl)ccc2I)CCC1. The van der Waals surface area contributed by atoms with E-state index in [1.807, 2.05) is 6.07 Å². The summed E-state index contributed by atoms with van der Waals surface area (Å²) in [6.07, 6.45) is 3.33. The third kappa shape index (κ3) is 2.51. The van der Waals surface area contributed by atoms with Gasteiger partial charge in [-0.2, -0.15) is 0 Å². The third-order valence-electron chi connectivity index (χ3n) is 3.05. The Balaban J connectivity index is 2.17. The van der Waals surface area contributed by atoms with Gasteiger partial charge >= 0.3 is 0 Å². The van der Waals surface area contributed by atoms with Crippen LogP contribution in [0.5, 0.6) is 0 Å². The molecule has 0 spiro atoms. The first-order valence-electron chi connectivity index (χ1n) is 5.28. The number of amides is 1. The van der Waals surface area contributed by atoms with Crippen LogP contribution in [0, 0.1) is 3.57 Å². The Morgan fingerprint density at radius 1 is 1.50 bits per heavy atom. The second kappa shape index (κ2) is 4.53. The first kappa shape index (κ1) is 12.2. The summed E-state index contributed by atoms with van der Waals surface area (Å²) in [4.78, 5) is 12.1. The van der Waals surface area contributed by atoms with E-state index in [1.165, 1.54) is 6.42 Å². The number of hydrogen-bond donors (Lipinski definition) is 1. The maximum atomic E-state index is 12.1. The van der Waals surface area contributed by atoms with Crippen molar-refractivity contribution >= 4 is 40.1 Å². The van der Waals surface area contributed by atoms with Crippen LogP contribution in [0.1, 0.15) is 36.5 Å². The van der Waals surface area contributed by atoms with Crippen LogP contribution in [0.25, 0.3) is 0 Å². The molecule has 0 unspecified atom stereocenters. The molecule has 0 bridgehead atoms. The van der Waals surface area contributed by atoms with Gasteiger partial charge in [0.2, 0.25) is 0 Å². The van der Waals surface area contributed by atoms with Crippen molar-refractivity contribution in [2.24, 2.45) is 0 Å². The summed E-state index contributed by atoms with van der Waals surface area (Å²) in [7, 11) is 0. The first-order valence-corrected chi connectivity index (χ1v) is 6.73. The van der Waals surface area contributed by atoms with Crippen molar-refractivity contribution in [2.45, 2.75) is 31.7 Å². The van der Waals surface area contributed by atoms with Gasteiger partial charge in [-0.3, -0.25) is 4.79 Å². The summed E-state index contributed by atoms with van der Waals surface area (Å²) >= 11 is 8.05. The number of carbonyl (C=O) groups excluding carboxylic acids is 1. The van der Waals surface area contributed by atoms with Crippen molar-refractivity contribution < 1.29 is 4.79 Å². The zero-order valence-electron chi connectivity index (χ0n) is 9.02. The molecule has 0 aliphatic heterocycles. The molecule has 1 aliphatic carbocycles. The number of halogens is 2. The summed E-state index contributed by atoms with van der Waals surface area (Å²) in [6, 6.07) is 5.38. The van der Waals surface area contributed by atoms with Crippen LogP contribution in [-0.4, -0.2) is 11.4 Å². The minimum absolute atomic E-state index is 0.0114. The Kier molecular flexibility index (Phi) is 3.45. The van der Waals surface area contributed by atoms with Crippen LogP contribution < -0.4 is 5.32 Å². The average Bonchev–Trinajstić information content (AvgIpc) is 2.19. The minimum Gasteiger partial charge on any atom is -0.347 e. The lowest BCUT2D eigenvalue weighted by atomic mass is 9.78. The second-order valence-corrected chi connectivity index (χ2v) is 6.09. The molecule has 4 heteroatoms. The van der Waals surface area contributed by atoms with E-state index in [0.717, 1.165) is 16.4 Å². The topological polar surface area (TPSA) is 29.1 Å². The lowest BCUT2D eigenvalue weighted by Gasteiger charge is -2.39. The fourth-order valence-corrected chi connectivity index (χ4v) is 2.60. The van der Waals surface area contributed by atoms with Crippen molar-refractivity contribution in [3.05, 3.63) is 32.4 Å². The molecule has 0 aromatic heterocycles. The zero-order valence-corrected chi connectivity index (χ0v) is 11.9. The summed E-state index contributed by atoms with van der Waals surface area (Å²) in [5.41, 5.74) is 0.656. The molecule has 2 nitrogen and oxygen atoms in total. The molecule has 0 atom stereocenters. The smallest absolute Gasteiger partial charge is 0.252 e. The maximum absolute atomic E-state index is 12.1. The summed E-state index contributed by atoms with van der Waals surface area (Å²) in [5, 5.41) is 3.68. The fraction of sp³-hybridized carbons (Fsp3) is 0.417. The standard InChI is InChI=1S/C12H13ClINO/c1-12(5-2-6-12)15-11(16)9-7-8(13)3-4-10(9)14/h3-4,7H,2,5-6H2,1H3,(H,15,16). The lowest BCUT2D eigenvalue weighted by Crippen LogP contribution is -2.51. The highest BCUT2D eigenvalue weighted by molar-refractivity contribution is 14.1. The van der Waals surface area contributed by atoms with Crippen molar-refractivity contribution in [1.82, 2.24) is 5.32 Å². The Morgan fingerprint density at radius 3 is 2.75 bits per heavy atom. The van der Waals surface area contributed by atoms with E-state index in [2.05, 4.69) is 34.8 Å². The largest absolute Gasteiger partial charge is 0.347 e. The van der Waals surface area contributed by atoms with Gasteiger partial charge in [0.1, 0.15) is 0 Å². The van der Waals surface area contributed by atoms with Gasteiger partial charge in [-0.25, -0.2) is 0 Å². The van der Waals surface area contributed by atoms with E-state index in [9.17, 15) is 4.79 Å². The third-order valence-corrected chi connectivity index (χ3v) is 4.22. The van der Waals surface area contributed by atoms with Crippen LogP contribution in [0.4, 0.5) is 0 Å². The molecule has 1 saturated carbocycles. The molecule has 1 N–H and O–H groups in total. The van der Waals surface area contributed by atoms with Gasteiger partial charge in [0, 0.05) is 14.1 Å². The van der Waals surface area contributed by atoms with Gasteiger partial charge < -0.3 is 5.32 Å². The molecule has 2 rings (SSSR count). The van der Waals surface area contributed by atoms with E-state index in [0.29, 0.717) is 10.6 Å². The highest BCUT2D eigenvalue weighted by Gasteiger charge is 2.33. The Morgan fingerprint density at radius 2 is 2.19 bits per heavy atom. The maximum Gasteiger partial charge on any atom is 0.252 e. The molecule has 0 heterocycles. The second-order valence-electron chi connectivity index (χ2n) is 4.49. The van der Waals surface area contributed by atoms with Crippen LogP contribution >= 0.6 is 34.2 Å². The zero-order chi connectivity index (χ0) is 11.8. The molecule has 16 heavy (non-hydrogen) atoms. The fourth-order valence-electron chi connectivity index (χ4n) is 1.85. The lowest BCUT2D eigenvalue weighted by molar-refractivity contribution is 0.0849. The van der Waals surface area contributed by atoms with E-state index in [-0.39, 0.29) is 11.4 Å². The molecule has 1 amide bonds. The molecule has 1 fully saturated rings. The first-order chi connectivity index (χ1) is 7.50. The molecule has 86 valence electrons. The predicted molar refractivity (Wildman–Crippen MR) is 73.9 cm³/mol. The van der Waals surface area contributed by atoms with Crippen molar-refractivity contribution in [1.29, 1.82) is 0 Å². The minimum atomic E-state index is -0.0194. The van der Waals surface area contributed by atoms with Gasteiger partial charge in [0.05, 0.1) is 5.56 Å². The molecular weight excluding hydrogens is 336 g/mol. The number of carbonyl (C=O) groups is 1. The van der Waals surface area contributed by atoms with Crippen molar-refractivity contribution in [3.63, 3.8) is 0 Å². The molecule has 0 radical (unpaired) electrons. The van der Waals surface area contributed by atoms with Crippen LogP contribution in [0.3, 0.4) is 0 Å². The van der Waals surface area contributed by atoms with Gasteiger partial charge in [-0.1, -0.05) is 11.6 Å². The Labute approximate surface area is 114 Å². The average molecular weight is 350 g/mol. The quantitative estimate of drug-likeness (QED) is 0.812. The van der Waals surface area contributed by atoms with Crippen molar-refractivity contribution in [2.75, 3.05) is 0 Å². The van der Waals surface area contributed by atoms with Gasteiger partial charge in [-0.05, 0) is 67.0 Å². The summed E-state index contributed by atoms with van der Waals surface area (Å²) in [5.74, 6) is -0.0194. The van der Waals surface area contributed by atoms with Crippen LogP contribution in [-0.2, 0) is 0 Å². The normalized spacial score (nSPS) is 17.7. The highest BCUT2D eigenvalue weighted by Crippen LogP contribution is 2.31. The number of hydrogen-bond acceptors (Lipinski definition) is 1. The van der Waals surface area contributed by atoms with Crippen molar-refractivity contribution in [3.8, 4) is 0 Å². The van der Waals surface area contributed by atoms with E-state index >= 15 is 0 Å². The predicted octanol–water partition coefficient (Wildman–Crippen LogP) is 3.62. The summed E-state index contributed by atoms with van der Waals surface area (Å²) < 4.78 is 0.933. The number of nitrogens with one attached hydrogen (secondary N) is 1. The van der Waals surface area contributed by atoms with E-state index < -0.39 is 0 Å². The van der Waals surface area contributed by atoms with Crippen LogP contribution in [0.15, 0.2) is 18.2 Å². The Bertz CT molecular complexity index is 429. The van der Waals surface area contributed by atoms with Crippen LogP contribution in [0.2, 0.25) is 5.02 Å². The number of rotatable bonds is 2. The highest BCUT2D eigenvalue weighted by atomic mass is 127. The molecule has 1 aromatic rings. The molecular formula is C12H13ClINO. The van der Waals surface area contributed by atoms with Gasteiger partial charge in [-0.15, -0.1) is 0 Å². The molecule has 1 aliphatic rings. The van der Waals surface area contributed by atoms with Gasteiger partial charge in [0.25, 0.3) is 5.91 Å². The van der Waals surface area contributed by atoms with E-state index in [4.69, 9.17) is 11.6 Å². The van der Waals surface area contributed by atoms with E-state index in [1.54, 1.807) is 12.1 Å². The monoisotopic (exact) mass is 349 g/mol. The molecule has 1 aromatic carbocycles. The molecule has 0 saturated heterocycles. The van der Waals surface area contributed by atoms with Gasteiger partial charge in [0.15, 0.2) is 0 Å².